The van der Waals surface area contributed by atoms with Crippen molar-refractivity contribution >= 4 is 5.91 Å². The Kier molecular flexibility index (Phi) is 4.04. The summed E-state index contributed by atoms with van der Waals surface area (Å²) in [5.74, 6) is 0.868. The summed E-state index contributed by atoms with van der Waals surface area (Å²) in [7, 11) is 0. The third-order valence-corrected chi connectivity index (χ3v) is 3.14. The van der Waals surface area contributed by atoms with Crippen LogP contribution in [0.15, 0.2) is 22.8 Å². The van der Waals surface area contributed by atoms with E-state index in [2.05, 4.69) is 15.5 Å². The molecule has 0 aliphatic rings. The van der Waals surface area contributed by atoms with Crippen LogP contribution in [0.5, 0.6) is 0 Å². The summed E-state index contributed by atoms with van der Waals surface area (Å²) in [4.78, 5) is 12.1. The maximum atomic E-state index is 12.1. The van der Waals surface area contributed by atoms with Crippen LogP contribution in [0.3, 0.4) is 0 Å². The van der Waals surface area contributed by atoms with Crippen molar-refractivity contribution in [2.45, 2.75) is 39.7 Å². The second-order valence-electron chi connectivity index (χ2n) is 4.80. The summed E-state index contributed by atoms with van der Waals surface area (Å²) in [6.45, 7) is 5.67. The number of amides is 1. The van der Waals surface area contributed by atoms with Gasteiger partial charge in [-0.15, -0.1) is 0 Å². The van der Waals surface area contributed by atoms with Crippen molar-refractivity contribution in [1.82, 2.24) is 15.5 Å². The molecule has 0 aliphatic carbocycles. The molecule has 0 bridgehead atoms. The zero-order chi connectivity index (χ0) is 13.8. The summed E-state index contributed by atoms with van der Waals surface area (Å²) in [5, 5.41) is 9.84. The Hall–Kier alpha value is -2.04. The number of hydrogen-bond acceptors (Lipinski definition) is 3. The molecular formula is C14H19N3O2. The molecule has 2 heterocycles. The van der Waals surface area contributed by atoms with Crippen molar-refractivity contribution in [1.29, 1.82) is 0 Å². The zero-order valence-electron chi connectivity index (χ0n) is 11.5. The van der Waals surface area contributed by atoms with E-state index in [1.54, 1.807) is 6.26 Å². The van der Waals surface area contributed by atoms with Crippen molar-refractivity contribution in [3.63, 3.8) is 0 Å². The number of rotatable bonds is 5. The Morgan fingerprint density at radius 3 is 2.89 bits per heavy atom. The summed E-state index contributed by atoms with van der Waals surface area (Å²) in [5.41, 5.74) is 2.17. The van der Waals surface area contributed by atoms with Crippen molar-refractivity contribution < 1.29 is 9.21 Å². The van der Waals surface area contributed by atoms with Crippen LogP contribution in [0.1, 0.15) is 40.9 Å². The number of H-pyrrole nitrogens is 1. The molecule has 102 valence electrons. The van der Waals surface area contributed by atoms with Crippen LogP contribution < -0.4 is 5.32 Å². The number of carbonyl (C=O) groups is 1. The van der Waals surface area contributed by atoms with Crippen molar-refractivity contribution in [3.05, 3.63) is 41.1 Å². The highest BCUT2D eigenvalue weighted by molar-refractivity contribution is 5.96. The van der Waals surface area contributed by atoms with E-state index in [1.165, 1.54) is 0 Å². The van der Waals surface area contributed by atoms with Crippen LogP contribution in [0.25, 0.3) is 0 Å². The fourth-order valence-electron chi connectivity index (χ4n) is 2.07. The van der Waals surface area contributed by atoms with Crippen LogP contribution in [0, 0.1) is 13.8 Å². The van der Waals surface area contributed by atoms with Crippen molar-refractivity contribution in [3.8, 4) is 0 Å². The first-order valence-electron chi connectivity index (χ1n) is 6.42. The molecule has 2 N–H and O–H groups in total. The monoisotopic (exact) mass is 261 g/mol. The second kappa shape index (κ2) is 5.73. The van der Waals surface area contributed by atoms with Gasteiger partial charge in [0.1, 0.15) is 5.76 Å². The van der Waals surface area contributed by atoms with Gasteiger partial charge in [-0.3, -0.25) is 9.89 Å². The van der Waals surface area contributed by atoms with Gasteiger partial charge in [0.2, 0.25) is 0 Å². The molecule has 1 unspecified atom stereocenters. The minimum absolute atomic E-state index is 0.0734. The van der Waals surface area contributed by atoms with E-state index in [0.717, 1.165) is 30.0 Å². The molecule has 5 nitrogen and oxygen atoms in total. The summed E-state index contributed by atoms with van der Waals surface area (Å²) in [6, 6.07) is 3.90. The Labute approximate surface area is 112 Å². The van der Waals surface area contributed by atoms with E-state index >= 15 is 0 Å². The van der Waals surface area contributed by atoms with Gasteiger partial charge in [-0.2, -0.15) is 5.10 Å². The number of furan rings is 1. The summed E-state index contributed by atoms with van der Waals surface area (Å²) < 4.78 is 5.27. The number of nitrogens with zero attached hydrogens (tertiary/aromatic N) is 1. The second-order valence-corrected chi connectivity index (χ2v) is 4.80. The molecule has 19 heavy (non-hydrogen) atoms. The third-order valence-electron chi connectivity index (χ3n) is 3.14. The van der Waals surface area contributed by atoms with Crippen LogP contribution >= 0.6 is 0 Å². The molecular weight excluding hydrogens is 242 g/mol. The molecule has 0 radical (unpaired) electrons. The quantitative estimate of drug-likeness (QED) is 0.868. The first kappa shape index (κ1) is 13.4. The highest BCUT2D eigenvalue weighted by atomic mass is 16.3. The van der Waals surface area contributed by atoms with E-state index in [4.69, 9.17) is 4.42 Å². The number of nitrogens with one attached hydrogen (secondary N) is 2. The zero-order valence-corrected chi connectivity index (χ0v) is 11.5. The van der Waals surface area contributed by atoms with Crippen molar-refractivity contribution in [2.24, 2.45) is 0 Å². The lowest BCUT2D eigenvalue weighted by Gasteiger charge is -2.13. The minimum atomic E-state index is -0.0734. The average Bonchev–Trinajstić information content (AvgIpc) is 2.97. The maximum absolute atomic E-state index is 12.1. The Balaban J connectivity index is 1.88. The van der Waals surface area contributed by atoms with Gasteiger partial charge in [-0.1, -0.05) is 0 Å². The molecule has 0 fully saturated rings. The number of aryl methyl sites for hydroxylation is 3. The first-order valence-corrected chi connectivity index (χ1v) is 6.42. The SMILES string of the molecule is Cc1n[nH]c(C)c1C(=O)NC(C)CCc1ccco1. The van der Waals surface area contributed by atoms with Gasteiger partial charge < -0.3 is 9.73 Å². The molecule has 1 amide bonds. The molecule has 2 aromatic rings. The topological polar surface area (TPSA) is 70.9 Å². The molecule has 1 atom stereocenters. The molecule has 0 saturated carbocycles. The van der Waals surface area contributed by atoms with Gasteiger partial charge in [0, 0.05) is 18.2 Å². The standard InChI is InChI=1S/C14H19N3O2/c1-9(6-7-12-5-4-8-19-12)15-14(18)13-10(2)16-17-11(13)3/h4-5,8-9H,6-7H2,1-3H3,(H,15,18)(H,16,17). The smallest absolute Gasteiger partial charge is 0.255 e. The van der Waals surface area contributed by atoms with E-state index in [1.807, 2.05) is 32.9 Å². The lowest BCUT2D eigenvalue weighted by Crippen LogP contribution is -2.33. The lowest BCUT2D eigenvalue weighted by molar-refractivity contribution is 0.0937. The predicted molar refractivity (Wildman–Crippen MR) is 72.0 cm³/mol. The van der Waals surface area contributed by atoms with E-state index in [-0.39, 0.29) is 11.9 Å². The minimum Gasteiger partial charge on any atom is -0.469 e. The maximum Gasteiger partial charge on any atom is 0.255 e. The van der Waals surface area contributed by atoms with Gasteiger partial charge in [0.15, 0.2) is 0 Å². The highest BCUT2D eigenvalue weighted by Crippen LogP contribution is 2.10. The van der Waals surface area contributed by atoms with Crippen LogP contribution in [0.4, 0.5) is 0 Å². The van der Waals surface area contributed by atoms with Gasteiger partial charge >= 0.3 is 0 Å². The summed E-state index contributed by atoms with van der Waals surface area (Å²) >= 11 is 0. The molecule has 0 aliphatic heterocycles. The molecule has 5 heteroatoms. The normalized spacial score (nSPS) is 12.4. The number of aromatic nitrogens is 2. The van der Waals surface area contributed by atoms with Gasteiger partial charge in [-0.25, -0.2) is 0 Å². The van der Waals surface area contributed by atoms with Gasteiger partial charge in [0.25, 0.3) is 5.91 Å². The lowest BCUT2D eigenvalue weighted by atomic mass is 10.1. The Morgan fingerprint density at radius 1 is 1.53 bits per heavy atom. The van der Waals surface area contributed by atoms with E-state index < -0.39 is 0 Å². The average molecular weight is 261 g/mol. The number of aromatic amines is 1. The largest absolute Gasteiger partial charge is 0.469 e. The fourth-order valence-corrected chi connectivity index (χ4v) is 2.07. The van der Waals surface area contributed by atoms with Gasteiger partial charge in [-0.05, 0) is 39.3 Å². The van der Waals surface area contributed by atoms with Crippen LogP contribution in [-0.4, -0.2) is 22.1 Å². The van der Waals surface area contributed by atoms with Crippen molar-refractivity contribution in [2.75, 3.05) is 0 Å². The van der Waals surface area contributed by atoms with E-state index in [0.29, 0.717) is 5.56 Å². The third kappa shape index (κ3) is 3.24. The molecule has 2 aromatic heterocycles. The van der Waals surface area contributed by atoms with Gasteiger partial charge in [0.05, 0.1) is 17.5 Å². The summed E-state index contributed by atoms with van der Waals surface area (Å²) in [6.07, 6.45) is 3.32. The molecule has 0 aromatic carbocycles. The fraction of sp³-hybridized carbons (Fsp3) is 0.429. The number of carbonyl (C=O) groups excluding carboxylic acids is 1. The first-order chi connectivity index (χ1) is 9.08. The molecule has 2 rings (SSSR count). The van der Waals surface area contributed by atoms with Crippen LogP contribution in [0.2, 0.25) is 0 Å². The molecule has 0 saturated heterocycles. The molecule has 0 spiro atoms. The predicted octanol–water partition coefficient (Wildman–Crippen LogP) is 2.37. The highest BCUT2D eigenvalue weighted by Gasteiger charge is 2.17. The number of hydrogen-bond donors (Lipinski definition) is 2. The Bertz CT molecular complexity index is 524. The Morgan fingerprint density at radius 2 is 2.32 bits per heavy atom. The van der Waals surface area contributed by atoms with E-state index in [9.17, 15) is 4.79 Å². The van der Waals surface area contributed by atoms with Crippen LogP contribution in [-0.2, 0) is 6.42 Å².